The Hall–Kier alpha value is -1.59. The number of aliphatic hydroxyl groups excluding tert-OH is 5. The van der Waals surface area contributed by atoms with E-state index in [9.17, 15) is 30.3 Å². The van der Waals surface area contributed by atoms with Crippen LogP contribution in [0.25, 0.3) is 0 Å². The van der Waals surface area contributed by atoms with Crippen molar-refractivity contribution in [2.45, 2.75) is 307 Å². The van der Waals surface area contributed by atoms with Gasteiger partial charge < -0.3 is 40.3 Å². The summed E-state index contributed by atoms with van der Waals surface area (Å²) in [7, 11) is 0. The van der Waals surface area contributed by atoms with Gasteiger partial charge in [0.2, 0.25) is 5.91 Å². The van der Waals surface area contributed by atoms with Gasteiger partial charge >= 0.3 is 0 Å². The molecule has 0 bridgehead atoms. The third-order valence-corrected chi connectivity index (χ3v) is 13.4. The highest BCUT2D eigenvalue weighted by Crippen LogP contribution is 2.23. The molecular weight excluding hydrogens is 827 g/mol. The maximum atomic E-state index is 13.0. The molecule has 1 heterocycles. The van der Waals surface area contributed by atoms with E-state index in [0.29, 0.717) is 6.42 Å². The second-order valence-corrected chi connectivity index (χ2v) is 19.7. The molecule has 1 fully saturated rings. The van der Waals surface area contributed by atoms with Gasteiger partial charge in [-0.2, -0.15) is 0 Å². The van der Waals surface area contributed by atoms with Crippen LogP contribution < -0.4 is 5.32 Å². The van der Waals surface area contributed by atoms with Crippen LogP contribution in [0.3, 0.4) is 0 Å². The summed E-state index contributed by atoms with van der Waals surface area (Å²) in [5.41, 5.74) is 0. The third-order valence-electron chi connectivity index (χ3n) is 13.4. The van der Waals surface area contributed by atoms with Crippen LogP contribution in [0.5, 0.6) is 0 Å². The molecule has 7 atom stereocenters. The molecule has 1 saturated heterocycles. The quantitative estimate of drug-likeness (QED) is 0.0261. The molecule has 0 aliphatic carbocycles. The van der Waals surface area contributed by atoms with Crippen LogP contribution in [-0.2, 0) is 14.3 Å². The van der Waals surface area contributed by atoms with Crippen molar-refractivity contribution >= 4 is 5.91 Å². The first-order chi connectivity index (χ1) is 32.3. The van der Waals surface area contributed by atoms with E-state index in [4.69, 9.17) is 9.47 Å². The van der Waals surface area contributed by atoms with Gasteiger partial charge in [0.25, 0.3) is 0 Å². The van der Waals surface area contributed by atoms with Gasteiger partial charge in [0, 0.05) is 6.42 Å². The molecule has 0 spiro atoms. The number of nitrogens with one attached hydrogen (secondary N) is 1. The minimum Gasteiger partial charge on any atom is -0.394 e. The monoisotopic (exact) mass is 934 g/mol. The minimum atomic E-state index is -1.57. The van der Waals surface area contributed by atoms with E-state index in [-0.39, 0.29) is 12.5 Å². The molecule has 0 aromatic heterocycles. The van der Waals surface area contributed by atoms with Gasteiger partial charge in [0.05, 0.1) is 25.4 Å². The first-order valence-corrected chi connectivity index (χ1v) is 28.2. The molecule has 0 radical (unpaired) electrons. The van der Waals surface area contributed by atoms with Gasteiger partial charge in [0.15, 0.2) is 6.29 Å². The highest BCUT2D eigenvalue weighted by atomic mass is 16.7. The second-order valence-electron chi connectivity index (χ2n) is 19.7. The van der Waals surface area contributed by atoms with E-state index in [0.717, 1.165) is 51.4 Å². The predicted octanol–water partition coefficient (Wildman–Crippen LogP) is 13.6. The van der Waals surface area contributed by atoms with E-state index in [1.165, 1.54) is 193 Å². The Kier molecular flexibility index (Phi) is 44.6. The van der Waals surface area contributed by atoms with Gasteiger partial charge in [-0.15, -0.1) is 0 Å². The number of hydrogen-bond donors (Lipinski definition) is 6. The van der Waals surface area contributed by atoms with Gasteiger partial charge in [0.1, 0.15) is 24.4 Å². The normalized spacial score (nSPS) is 20.0. The molecule has 6 N–H and O–H groups in total. The maximum absolute atomic E-state index is 13.0. The summed E-state index contributed by atoms with van der Waals surface area (Å²) in [5.74, 6) is -0.188. The SMILES string of the molecule is CCCCCCCCCCCCC/C=C\CCCCCCCCCC(=O)NC(COC1OC(CO)C(O)C(O)C1O)C(O)/C=C/CC/C=C/CCCCCCCCCCCCCCCCC. The van der Waals surface area contributed by atoms with Crippen molar-refractivity contribution < 1.29 is 39.8 Å². The Bertz CT molecular complexity index is 1130. The smallest absolute Gasteiger partial charge is 0.220 e. The van der Waals surface area contributed by atoms with E-state index >= 15 is 0 Å². The molecule has 1 amide bonds. The standard InChI is InChI=1S/C57H107NO8/c1-3-5-7-9-11-13-15-17-19-21-23-25-27-29-31-33-35-37-39-41-43-45-47-53(61)58-50(49-65-57-56(64)55(63)54(62)52(48-59)66-57)51(60)46-44-42-40-38-36-34-32-30-28-26-24-22-20-18-16-14-12-10-8-6-4-2/h27,29,36,38,44,46,50-52,54-57,59-60,62-64H,3-26,28,30-35,37,39-43,45,47-49H2,1-2H3,(H,58,61)/b29-27-,38-36+,46-44+. The molecule has 0 saturated carbocycles. The van der Waals surface area contributed by atoms with Crippen LogP contribution in [-0.4, -0.2) is 87.5 Å². The highest BCUT2D eigenvalue weighted by molar-refractivity contribution is 5.76. The molecule has 0 aromatic carbocycles. The number of amides is 1. The molecule has 7 unspecified atom stereocenters. The first-order valence-electron chi connectivity index (χ1n) is 28.2. The van der Waals surface area contributed by atoms with Gasteiger partial charge in [-0.05, 0) is 57.8 Å². The lowest BCUT2D eigenvalue weighted by Crippen LogP contribution is -2.60. The number of rotatable bonds is 48. The summed E-state index contributed by atoms with van der Waals surface area (Å²) in [6, 6.07) is -0.824. The molecule has 0 aromatic rings. The molecule has 1 aliphatic heterocycles. The van der Waals surface area contributed by atoms with Crippen molar-refractivity contribution in [2.24, 2.45) is 0 Å². The Morgan fingerprint density at radius 3 is 1.27 bits per heavy atom. The lowest BCUT2D eigenvalue weighted by atomic mass is 9.99. The van der Waals surface area contributed by atoms with Gasteiger partial charge in [-0.1, -0.05) is 237 Å². The van der Waals surface area contributed by atoms with Crippen molar-refractivity contribution in [1.82, 2.24) is 5.32 Å². The Morgan fingerprint density at radius 1 is 0.500 bits per heavy atom. The molecule has 9 heteroatoms. The van der Waals surface area contributed by atoms with E-state index < -0.39 is 49.5 Å². The summed E-state index contributed by atoms with van der Waals surface area (Å²) in [5, 5.41) is 54.4. The van der Waals surface area contributed by atoms with E-state index in [1.807, 2.05) is 6.08 Å². The number of allylic oxidation sites excluding steroid dienone is 5. The molecular formula is C57H107NO8. The average Bonchev–Trinajstić information content (AvgIpc) is 3.32. The highest BCUT2D eigenvalue weighted by Gasteiger charge is 2.44. The fourth-order valence-electron chi connectivity index (χ4n) is 8.93. The van der Waals surface area contributed by atoms with Crippen LogP contribution in [0, 0.1) is 0 Å². The summed E-state index contributed by atoms with van der Waals surface area (Å²) < 4.78 is 11.3. The number of unbranched alkanes of at least 4 members (excludes halogenated alkanes) is 34. The Balaban J connectivity index is 2.27. The maximum Gasteiger partial charge on any atom is 0.220 e. The summed E-state index contributed by atoms with van der Waals surface area (Å²) >= 11 is 0. The molecule has 66 heavy (non-hydrogen) atoms. The van der Waals surface area contributed by atoms with Crippen molar-refractivity contribution in [2.75, 3.05) is 13.2 Å². The van der Waals surface area contributed by atoms with Crippen LogP contribution in [0.2, 0.25) is 0 Å². The predicted molar refractivity (Wildman–Crippen MR) is 276 cm³/mol. The minimum absolute atomic E-state index is 0.188. The Labute approximate surface area is 406 Å². The number of aliphatic hydroxyl groups is 5. The van der Waals surface area contributed by atoms with Crippen molar-refractivity contribution in [1.29, 1.82) is 0 Å². The number of carbonyl (C=O) groups is 1. The molecule has 9 nitrogen and oxygen atoms in total. The third kappa shape index (κ3) is 36.4. The van der Waals surface area contributed by atoms with Crippen LogP contribution in [0.1, 0.15) is 264 Å². The van der Waals surface area contributed by atoms with Crippen molar-refractivity contribution in [3.63, 3.8) is 0 Å². The lowest BCUT2D eigenvalue weighted by Gasteiger charge is -2.40. The van der Waals surface area contributed by atoms with E-state index in [1.54, 1.807) is 6.08 Å². The zero-order valence-electron chi connectivity index (χ0n) is 43.0. The van der Waals surface area contributed by atoms with E-state index in [2.05, 4.69) is 43.5 Å². The fraction of sp³-hybridized carbons (Fsp3) is 0.877. The zero-order valence-corrected chi connectivity index (χ0v) is 43.0. The average molecular weight is 934 g/mol. The van der Waals surface area contributed by atoms with Crippen LogP contribution in [0.15, 0.2) is 36.5 Å². The van der Waals surface area contributed by atoms with Gasteiger partial charge in [-0.25, -0.2) is 0 Å². The summed E-state index contributed by atoms with van der Waals surface area (Å²) in [4.78, 5) is 13.0. The molecule has 1 aliphatic rings. The van der Waals surface area contributed by atoms with Crippen LogP contribution >= 0.6 is 0 Å². The zero-order chi connectivity index (χ0) is 48.0. The molecule has 1 rings (SSSR count). The first kappa shape index (κ1) is 62.4. The summed E-state index contributed by atoms with van der Waals surface area (Å²) in [6.07, 6.45) is 53.5. The van der Waals surface area contributed by atoms with Crippen molar-refractivity contribution in [3.05, 3.63) is 36.5 Å². The fourth-order valence-corrected chi connectivity index (χ4v) is 8.93. The van der Waals surface area contributed by atoms with Crippen molar-refractivity contribution in [3.8, 4) is 0 Å². The van der Waals surface area contributed by atoms with Crippen LogP contribution in [0.4, 0.5) is 0 Å². The lowest BCUT2D eigenvalue weighted by molar-refractivity contribution is -0.302. The van der Waals surface area contributed by atoms with Gasteiger partial charge in [-0.3, -0.25) is 4.79 Å². The number of hydrogen-bond acceptors (Lipinski definition) is 8. The Morgan fingerprint density at radius 2 is 0.864 bits per heavy atom. The topological polar surface area (TPSA) is 149 Å². The number of carbonyl (C=O) groups excluding carboxylic acids is 1. The molecule has 388 valence electrons. The largest absolute Gasteiger partial charge is 0.394 e. The summed E-state index contributed by atoms with van der Waals surface area (Å²) in [6.45, 7) is 3.79. The second kappa shape index (κ2) is 47.1. The number of ether oxygens (including phenoxy) is 2.